The van der Waals surface area contributed by atoms with Crippen LogP contribution in [0, 0.1) is 12.8 Å². The van der Waals surface area contributed by atoms with Crippen LogP contribution in [0.1, 0.15) is 111 Å². The normalized spacial score (nSPS) is 20.5. The summed E-state index contributed by atoms with van der Waals surface area (Å²) in [5.41, 5.74) is 15.1. The molecule has 3 aliphatic rings. The van der Waals surface area contributed by atoms with Gasteiger partial charge in [-0.1, -0.05) is 43.3 Å². The third-order valence-electron chi connectivity index (χ3n) is 15.0. The van der Waals surface area contributed by atoms with Crippen LogP contribution in [0.25, 0.3) is 43.4 Å². The zero-order chi connectivity index (χ0) is 60.8. The average molecular weight is 1280 g/mol. The van der Waals surface area contributed by atoms with Crippen molar-refractivity contribution in [2.75, 3.05) is 38.5 Å². The van der Waals surface area contributed by atoms with Gasteiger partial charge in [-0.05, 0) is 42.3 Å². The number of phenols is 1. The number of thiazole rings is 6. The van der Waals surface area contributed by atoms with Gasteiger partial charge in [0.25, 0.3) is 23.6 Å². The van der Waals surface area contributed by atoms with Crippen molar-refractivity contribution in [3.8, 4) is 49.1 Å². The Labute approximate surface area is 519 Å². The number of pyridine rings is 1. The second-order valence-corrected chi connectivity index (χ2v) is 26.4. The molecule has 2 aromatic carbocycles. The molecule has 3 aliphatic heterocycles. The number of piperazine rings is 1. The lowest BCUT2D eigenvalue weighted by molar-refractivity contribution is -0.134. The fraction of sp³-hybridized carbons (Fsp3) is 0.281. The highest BCUT2D eigenvalue weighted by molar-refractivity contribution is 7.15. The summed E-state index contributed by atoms with van der Waals surface area (Å²) in [6, 6.07) is 12.1. The summed E-state index contributed by atoms with van der Waals surface area (Å²) in [6.45, 7) is 5.79. The maximum Gasteiger partial charge on any atom is 0.273 e. The third-order valence-corrected chi connectivity index (χ3v) is 20.5. The molecular formula is C57H53N15O9S6. The standard InChI is InChI=1S/C57H53N15O9S6/c1-25-40(74)19-72-45(25)55-67-37(23-86-55)52-64-34(20-83-52)43-29(9-10-31(61-43)51-68-38(24-84-51)56(80)71-14-12-60-13-15-71)50-65-35(21-82-50)47(77)62-32(18-41(59)75)53-70-42(26(2)87-53)49(79)69-44(46(76)28-6-4-3-5-7-28)54-66-36(22-85-54)48(78)63-33(57(72)81)17-27-8-11-39(73)30(58)16-27/h3-11,16,20-25,32-33,40,44-46,60,73-74,76H,12-15,17-19,58H2,1-2H3,(H2,59,75)(H,62,77)(H,63,78)(H,69,79)/t25-,32-,33-,40-,44-,45+,46+/m0/s1. The van der Waals surface area contributed by atoms with Gasteiger partial charge in [-0.3, -0.25) is 28.8 Å². The predicted molar refractivity (Wildman–Crippen MR) is 329 cm³/mol. The smallest absolute Gasteiger partial charge is 0.273 e. The highest BCUT2D eigenvalue weighted by atomic mass is 32.1. The number of phenolic OH excluding ortho intramolecular Hbond substituents is 1. The van der Waals surface area contributed by atoms with Crippen molar-refractivity contribution in [1.29, 1.82) is 0 Å². The first-order valence-electron chi connectivity index (χ1n) is 27.2. The van der Waals surface area contributed by atoms with Crippen molar-refractivity contribution in [1.82, 2.24) is 66.0 Å². The Morgan fingerprint density at radius 2 is 1.37 bits per heavy atom. The molecule has 12 rings (SSSR count). The number of anilines is 1. The van der Waals surface area contributed by atoms with Crippen molar-refractivity contribution in [2.24, 2.45) is 11.7 Å². The summed E-state index contributed by atoms with van der Waals surface area (Å²) in [5, 5.41) is 56.2. The first kappa shape index (κ1) is 59.0. The summed E-state index contributed by atoms with van der Waals surface area (Å²) in [7, 11) is 0. The van der Waals surface area contributed by atoms with E-state index in [0.717, 1.165) is 34.0 Å². The highest BCUT2D eigenvalue weighted by Gasteiger charge is 2.46. The zero-order valence-electron chi connectivity index (χ0n) is 46.1. The van der Waals surface area contributed by atoms with Crippen LogP contribution in [0.5, 0.6) is 5.75 Å². The number of aromatic nitrogens is 7. The predicted octanol–water partition coefficient (Wildman–Crippen LogP) is 5.92. The molecule has 7 aromatic heterocycles. The molecule has 10 heterocycles. The summed E-state index contributed by atoms with van der Waals surface area (Å²) >= 11 is 7.01. The van der Waals surface area contributed by atoms with E-state index in [4.69, 9.17) is 36.4 Å². The average Bonchev–Trinajstić information content (AvgIpc) is 2.28. The number of aliphatic hydroxyl groups excluding tert-OH is 2. The molecule has 9 aromatic rings. The van der Waals surface area contributed by atoms with E-state index in [1.807, 2.05) is 17.7 Å². The molecule has 0 spiro atoms. The van der Waals surface area contributed by atoms with Crippen molar-refractivity contribution in [3.05, 3.63) is 141 Å². The second-order valence-electron chi connectivity index (χ2n) is 20.8. The SMILES string of the molecule is Cc1sc2nc1C(=O)N[C@@H]([C@H](O)c1ccccc1)c1nc(cs1)C(=O)N[C@@H](Cc1ccc(O)c(N)c1)C(=O)N1C[C@H](O)[C@H](C)[C@@H]1c1nc(cs1)-c1nc(cs1)-c1nc(-c3nc(C(=O)N4CCNCC4)cs3)ccc1-c1nc(cs1)C(=O)N[C@H]2CC(N)=O. The summed E-state index contributed by atoms with van der Waals surface area (Å²) < 4.78 is 0. The maximum absolute atomic E-state index is 15.2. The van der Waals surface area contributed by atoms with Crippen molar-refractivity contribution in [2.45, 2.75) is 63.1 Å². The number of aromatic hydroxyl groups is 1. The van der Waals surface area contributed by atoms with Gasteiger partial charge in [0.1, 0.15) is 93.8 Å². The molecule has 2 fully saturated rings. The Kier molecular flexibility index (Phi) is 16.8. The Hall–Kier alpha value is -8.33. The number of aryl methyl sites for hydroxylation is 1. The Morgan fingerprint density at radius 1 is 0.701 bits per heavy atom. The summed E-state index contributed by atoms with van der Waals surface area (Å²) in [6.07, 6.45) is -2.91. The number of nitrogens with zero attached hydrogens (tertiary/aromatic N) is 9. The molecule has 7 atom stereocenters. The zero-order valence-corrected chi connectivity index (χ0v) is 51.0. The van der Waals surface area contributed by atoms with Gasteiger partial charge in [-0.25, -0.2) is 34.9 Å². The van der Waals surface area contributed by atoms with E-state index in [1.54, 1.807) is 71.1 Å². The minimum atomic E-state index is -1.42. The molecule has 11 N–H and O–H groups in total. The number of primary amides is 1. The van der Waals surface area contributed by atoms with Crippen LogP contribution in [0.3, 0.4) is 0 Å². The quantitative estimate of drug-likeness (QED) is 0.0630. The number of hydrogen-bond donors (Lipinski definition) is 9. The van der Waals surface area contributed by atoms with Gasteiger partial charge in [-0.2, -0.15) is 0 Å². The Bertz CT molecular complexity index is 4120. The van der Waals surface area contributed by atoms with Crippen LogP contribution < -0.4 is 32.7 Å². The first-order valence-corrected chi connectivity index (χ1v) is 32.4. The molecule has 446 valence electrons. The van der Waals surface area contributed by atoms with Crippen molar-refractivity contribution >= 4 is 109 Å². The molecule has 0 unspecified atom stereocenters. The van der Waals surface area contributed by atoms with Crippen LogP contribution in [0.2, 0.25) is 0 Å². The number of nitrogens with one attached hydrogen (secondary N) is 4. The minimum absolute atomic E-state index is 0.0101. The number of nitrogen functional groups attached to an aromatic ring is 1. The lowest BCUT2D eigenvalue weighted by atomic mass is 10.00. The van der Waals surface area contributed by atoms with Gasteiger partial charge in [0.2, 0.25) is 11.8 Å². The fourth-order valence-corrected chi connectivity index (χ4v) is 15.7. The largest absolute Gasteiger partial charge is 0.506 e. The molecule has 2 saturated heterocycles. The number of hydrogen-bond acceptors (Lipinski definition) is 24. The highest BCUT2D eigenvalue weighted by Crippen LogP contribution is 2.43. The fourth-order valence-electron chi connectivity index (χ4n) is 10.4. The van der Waals surface area contributed by atoms with Gasteiger partial charge in [0, 0.05) is 82.4 Å². The second kappa shape index (κ2) is 24.8. The van der Waals surface area contributed by atoms with Gasteiger partial charge in [-0.15, -0.1) is 68.0 Å². The topological polar surface area (TPSA) is 360 Å². The number of rotatable bonds is 8. The molecule has 87 heavy (non-hydrogen) atoms. The van der Waals surface area contributed by atoms with E-state index in [0.29, 0.717) is 96.2 Å². The molecular weight excluding hydrogens is 1230 g/mol. The van der Waals surface area contributed by atoms with Crippen LogP contribution in [-0.2, 0) is 16.0 Å². The first-order chi connectivity index (χ1) is 41.9. The number of benzene rings is 2. The van der Waals surface area contributed by atoms with Gasteiger partial charge >= 0.3 is 0 Å². The Morgan fingerprint density at radius 3 is 2.14 bits per heavy atom. The van der Waals surface area contributed by atoms with Crippen molar-refractivity contribution in [3.63, 3.8) is 0 Å². The lowest BCUT2D eigenvalue weighted by Crippen LogP contribution is -2.50. The third kappa shape index (κ3) is 12.2. The van der Waals surface area contributed by atoms with E-state index in [-0.39, 0.29) is 57.4 Å². The molecule has 24 nitrogen and oxygen atoms in total. The van der Waals surface area contributed by atoms with Crippen LogP contribution in [0.15, 0.2) is 87.6 Å². The van der Waals surface area contributed by atoms with Crippen LogP contribution in [0.4, 0.5) is 5.69 Å². The maximum atomic E-state index is 15.2. The molecule has 0 radical (unpaired) electrons. The minimum Gasteiger partial charge on any atom is -0.506 e. The van der Waals surface area contributed by atoms with E-state index in [1.165, 1.54) is 56.4 Å². The van der Waals surface area contributed by atoms with Crippen LogP contribution >= 0.6 is 68.0 Å². The molecule has 6 amide bonds. The number of aliphatic hydroxyl groups is 2. The van der Waals surface area contributed by atoms with Crippen molar-refractivity contribution < 1.29 is 44.1 Å². The number of carbonyl (C=O) groups is 6. The molecule has 30 heteroatoms. The van der Waals surface area contributed by atoms with Gasteiger partial charge in [0.15, 0.2) is 0 Å². The van der Waals surface area contributed by atoms with E-state index >= 15 is 4.79 Å². The van der Waals surface area contributed by atoms with E-state index in [9.17, 15) is 39.3 Å². The van der Waals surface area contributed by atoms with Gasteiger partial charge < -0.3 is 57.9 Å². The molecule has 0 saturated carbocycles. The number of carbonyl (C=O) groups excluding carboxylic acids is 6. The molecule has 0 aliphatic carbocycles. The van der Waals surface area contributed by atoms with Crippen LogP contribution in [-0.4, -0.2) is 140 Å². The monoisotopic (exact) mass is 1280 g/mol. The number of amides is 6. The number of nitrogens with two attached hydrogens (primary N) is 2. The van der Waals surface area contributed by atoms with E-state index in [2.05, 4.69) is 31.2 Å². The lowest BCUT2D eigenvalue weighted by Gasteiger charge is -2.29. The summed E-state index contributed by atoms with van der Waals surface area (Å²) in [4.78, 5) is 122. The Balaban J connectivity index is 0.955. The van der Waals surface area contributed by atoms with Gasteiger partial charge in [0.05, 0.1) is 36.0 Å². The summed E-state index contributed by atoms with van der Waals surface area (Å²) in [5.74, 6) is -4.41. The van der Waals surface area contributed by atoms with E-state index < -0.39 is 78.2 Å². The molecule has 10 bridgehead atoms. The number of fused-ring (bicyclic) bond motifs is 16.